The molecule has 1 fully saturated rings. The molecule has 1 aromatic carbocycles. The van der Waals surface area contributed by atoms with Gasteiger partial charge in [0.25, 0.3) is 0 Å². The standard InChI is InChI=1S/C18H23N3O2S/c1-14-17(24-13-20-14)11-19-18(22)21-9-10-23-16(12-21)8-7-15-5-3-2-4-6-15/h2-6,13,16H,7-12H2,1H3,(H,19,22). The number of ether oxygens (including phenoxy) is 1. The molecule has 3 rings (SSSR count). The minimum absolute atomic E-state index is 0.0178. The fourth-order valence-corrected chi connectivity index (χ4v) is 3.53. The second-order valence-electron chi connectivity index (χ2n) is 5.98. The van der Waals surface area contributed by atoms with Gasteiger partial charge >= 0.3 is 6.03 Å². The molecule has 0 bridgehead atoms. The van der Waals surface area contributed by atoms with Gasteiger partial charge < -0.3 is 15.0 Å². The van der Waals surface area contributed by atoms with Gasteiger partial charge in [-0.2, -0.15) is 0 Å². The van der Waals surface area contributed by atoms with Crippen LogP contribution in [-0.4, -0.2) is 41.7 Å². The number of benzene rings is 1. The zero-order valence-electron chi connectivity index (χ0n) is 13.9. The fourth-order valence-electron chi connectivity index (χ4n) is 2.81. The van der Waals surface area contributed by atoms with Crippen LogP contribution < -0.4 is 5.32 Å². The predicted molar refractivity (Wildman–Crippen MR) is 95.2 cm³/mol. The van der Waals surface area contributed by atoms with Gasteiger partial charge in [0.2, 0.25) is 0 Å². The van der Waals surface area contributed by atoms with Gasteiger partial charge in [-0.3, -0.25) is 0 Å². The Balaban J connectivity index is 1.46. The third-order valence-electron chi connectivity index (χ3n) is 4.27. The summed E-state index contributed by atoms with van der Waals surface area (Å²) < 4.78 is 5.82. The third kappa shape index (κ3) is 4.55. The Morgan fingerprint density at radius 3 is 3.00 bits per heavy atom. The van der Waals surface area contributed by atoms with Crippen molar-refractivity contribution in [1.82, 2.24) is 15.2 Å². The summed E-state index contributed by atoms with van der Waals surface area (Å²) in [4.78, 5) is 19.5. The Labute approximate surface area is 146 Å². The molecule has 0 radical (unpaired) electrons. The van der Waals surface area contributed by atoms with E-state index in [9.17, 15) is 4.79 Å². The number of carbonyl (C=O) groups excluding carboxylic acids is 1. The number of carbonyl (C=O) groups is 1. The van der Waals surface area contributed by atoms with Crippen molar-refractivity contribution in [3.63, 3.8) is 0 Å². The van der Waals surface area contributed by atoms with Gasteiger partial charge in [0.05, 0.1) is 30.5 Å². The Kier molecular flexibility index (Phi) is 5.82. The fraction of sp³-hybridized carbons (Fsp3) is 0.444. The number of rotatable bonds is 5. The van der Waals surface area contributed by atoms with Crippen molar-refractivity contribution in [2.45, 2.75) is 32.4 Å². The van der Waals surface area contributed by atoms with Crippen molar-refractivity contribution in [1.29, 1.82) is 0 Å². The summed E-state index contributed by atoms with van der Waals surface area (Å²) in [5.74, 6) is 0. The summed E-state index contributed by atoms with van der Waals surface area (Å²) in [6.45, 7) is 4.41. The van der Waals surface area contributed by atoms with Gasteiger partial charge in [-0.1, -0.05) is 30.3 Å². The van der Waals surface area contributed by atoms with Gasteiger partial charge in [0.15, 0.2) is 0 Å². The number of aryl methyl sites for hydroxylation is 2. The number of thiazole rings is 1. The number of aromatic nitrogens is 1. The van der Waals surface area contributed by atoms with Crippen molar-refractivity contribution in [3.8, 4) is 0 Å². The summed E-state index contributed by atoms with van der Waals surface area (Å²) in [7, 11) is 0. The first-order valence-corrected chi connectivity index (χ1v) is 9.17. The Hall–Kier alpha value is -1.92. The van der Waals surface area contributed by atoms with Crippen LogP contribution in [0.3, 0.4) is 0 Å². The van der Waals surface area contributed by atoms with Gasteiger partial charge in [-0.05, 0) is 25.3 Å². The predicted octanol–water partition coefficient (Wildman–Crippen LogP) is 2.99. The molecule has 2 aromatic rings. The topological polar surface area (TPSA) is 54.5 Å². The van der Waals surface area contributed by atoms with Gasteiger partial charge in [0, 0.05) is 18.0 Å². The summed E-state index contributed by atoms with van der Waals surface area (Å²) >= 11 is 1.58. The van der Waals surface area contributed by atoms with Crippen molar-refractivity contribution in [2.24, 2.45) is 0 Å². The van der Waals surface area contributed by atoms with E-state index in [0.29, 0.717) is 26.2 Å². The SMILES string of the molecule is Cc1ncsc1CNC(=O)N1CCOC(CCc2ccccc2)C1. The lowest BCUT2D eigenvalue weighted by Crippen LogP contribution is -2.49. The number of nitrogens with one attached hydrogen (secondary N) is 1. The molecule has 1 saturated heterocycles. The smallest absolute Gasteiger partial charge is 0.317 e. The first-order chi connectivity index (χ1) is 11.7. The van der Waals surface area contributed by atoms with Crippen LogP contribution >= 0.6 is 11.3 Å². The molecule has 5 nitrogen and oxygen atoms in total. The molecule has 1 aliphatic rings. The zero-order valence-corrected chi connectivity index (χ0v) is 14.7. The summed E-state index contributed by atoms with van der Waals surface area (Å²) in [6.07, 6.45) is 2.01. The first-order valence-electron chi connectivity index (χ1n) is 8.29. The van der Waals surface area contributed by atoms with Gasteiger partial charge in [-0.15, -0.1) is 11.3 Å². The lowest BCUT2D eigenvalue weighted by Gasteiger charge is -2.33. The Morgan fingerprint density at radius 2 is 2.25 bits per heavy atom. The molecule has 1 aliphatic heterocycles. The van der Waals surface area contributed by atoms with E-state index in [1.165, 1.54) is 5.56 Å². The Bertz CT molecular complexity index is 659. The van der Waals surface area contributed by atoms with Crippen LogP contribution in [0.25, 0.3) is 0 Å². The average molecular weight is 345 g/mol. The van der Waals surface area contributed by atoms with Gasteiger partial charge in [0.1, 0.15) is 0 Å². The Morgan fingerprint density at radius 1 is 1.42 bits per heavy atom. The van der Waals surface area contributed by atoms with Crippen molar-refractivity contribution in [3.05, 3.63) is 52.0 Å². The van der Waals surface area contributed by atoms with E-state index >= 15 is 0 Å². The number of nitrogens with zero attached hydrogens (tertiary/aromatic N) is 2. The van der Waals surface area contributed by atoms with Crippen molar-refractivity contribution < 1.29 is 9.53 Å². The minimum atomic E-state index is -0.0178. The van der Waals surface area contributed by atoms with Crippen LogP contribution in [0.1, 0.15) is 22.6 Å². The maximum absolute atomic E-state index is 12.4. The molecule has 1 aromatic heterocycles. The monoisotopic (exact) mass is 345 g/mol. The first kappa shape index (κ1) is 16.9. The molecule has 1 N–H and O–H groups in total. The van der Waals surface area contributed by atoms with Crippen molar-refractivity contribution >= 4 is 17.4 Å². The van der Waals surface area contributed by atoms with Crippen molar-refractivity contribution in [2.75, 3.05) is 19.7 Å². The van der Waals surface area contributed by atoms with E-state index in [1.54, 1.807) is 11.3 Å². The molecule has 24 heavy (non-hydrogen) atoms. The van der Waals surface area contributed by atoms with E-state index in [4.69, 9.17) is 4.74 Å². The summed E-state index contributed by atoms with van der Waals surface area (Å²) in [5, 5.41) is 2.99. The highest BCUT2D eigenvalue weighted by Gasteiger charge is 2.24. The van der Waals surface area contributed by atoms with E-state index < -0.39 is 0 Å². The second-order valence-corrected chi connectivity index (χ2v) is 6.92. The number of hydrogen-bond acceptors (Lipinski definition) is 4. The number of morpholine rings is 1. The summed E-state index contributed by atoms with van der Waals surface area (Å²) in [6, 6.07) is 10.4. The number of hydrogen-bond donors (Lipinski definition) is 1. The highest BCUT2D eigenvalue weighted by molar-refractivity contribution is 7.09. The van der Waals surface area contributed by atoms with E-state index in [-0.39, 0.29) is 12.1 Å². The zero-order chi connectivity index (χ0) is 16.8. The molecule has 0 saturated carbocycles. The average Bonchev–Trinajstić information content (AvgIpc) is 3.04. The van der Waals surface area contributed by atoms with Crippen LogP contribution in [0, 0.1) is 6.92 Å². The minimum Gasteiger partial charge on any atom is -0.375 e. The third-order valence-corrected chi connectivity index (χ3v) is 5.20. The van der Waals surface area contributed by atoms with E-state index in [1.807, 2.05) is 23.4 Å². The normalized spacial score (nSPS) is 17.7. The molecular weight excluding hydrogens is 322 g/mol. The van der Waals surface area contributed by atoms with Crippen LogP contribution in [-0.2, 0) is 17.7 Å². The molecule has 2 amide bonds. The van der Waals surface area contributed by atoms with Gasteiger partial charge in [-0.25, -0.2) is 9.78 Å². The van der Waals surface area contributed by atoms with E-state index in [0.717, 1.165) is 23.4 Å². The lowest BCUT2D eigenvalue weighted by atomic mass is 10.1. The molecule has 128 valence electrons. The second kappa shape index (κ2) is 8.26. The number of urea groups is 1. The highest BCUT2D eigenvalue weighted by atomic mass is 32.1. The molecule has 0 aliphatic carbocycles. The molecule has 0 spiro atoms. The van der Waals surface area contributed by atoms with E-state index in [2.05, 4.69) is 34.6 Å². The van der Waals surface area contributed by atoms with Crippen LogP contribution in [0.5, 0.6) is 0 Å². The quantitative estimate of drug-likeness (QED) is 0.906. The molecule has 1 atom stereocenters. The molecule has 2 heterocycles. The van der Waals surface area contributed by atoms with Crippen LogP contribution in [0.15, 0.2) is 35.8 Å². The molecule has 6 heteroatoms. The number of amides is 2. The highest BCUT2D eigenvalue weighted by Crippen LogP contribution is 2.14. The lowest BCUT2D eigenvalue weighted by molar-refractivity contribution is -0.0176. The van der Waals surface area contributed by atoms with Crippen LogP contribution in [0.4, 0.5) is 4.79 Å². The maximum atomic E-state index is 12.4. The van der Waals surface area contributed by atoms with Crippen LogP contribution in [0.2, 0.25) is 0 Å². The molecule has 1 unspecified atom stereocenters. The maximum Gasteiger partial charge on any atom is 0.317 e. The molecular formula is C18H23N3O2S. The largest absolute Gasteiger partial charge is 0.375 e. The summed E-state index contributed by atoms with van der Waals surface area (Å²) in [5.41, 5.74) is 4.11.